The molecule has 3 aliphatic rings. The molecule has 7 rings (SSSR count). The highest BCUT2D eigenvalue weighted by Gasteiger charge is 2.47. The summed E-state index contributed by atoms with van der Waals surface area (Å²) in [5.74, 6) is 1.55. The van der Waals surface area contributed by atoms with Gasteiger partial charge in [-0.15, -0.1) is 0 Å². The number of piperidine rings is 1. The van der Waals surface area contributed by atoms with Gasteiger partial charge in [0.15, 0.2) is 0 Å². The molecule has 10 heteroatoms. The molecule has 40 heavy (non-hydrogen) atoms. The molecular formula is C30H35N6O3P. The van der Waals surface area contributed by atoms with E-state index in [9.17, 15) is 9.90 Å². The number of fused-ring (bicyclic) bond motifs is 3. The molecule has 3 aromatic heterocycles. The van der Waals surface area contributed by atoms with Gasteiger partial charge in [0, 0.05) is 41.4 Å². The van der Waals surface area contributed by atoms with Crippen molar-refractivity contribution in [3.05, 3.63) is 67.1 Å². The standard InChI is InChI=1S/C30H35N6O3P/c1-30(2,38)19-39-24-13-25(28-26(40(3)4)15-32-35(28)18-24)20-10-11-27(31-14-20)34-16-22-12-23(17-34)36(22)29(37)33-21-8-6-5-7-9-21/h5-11,13-15,18,22-23,38H,12,16-17,19H2,1-4H3,(H,33,37). The highest BCUT2D eigenvalue weighted by molar-refractivity contribution is 7.64. The number of rotatable bonds is 7. The van der Waals surface area contributed by atoms with Crippen molar-refractivity contribution in [1.29, 1.82) is 0 Å². The molecule has 3 saturated heterocycles. The van der Waals surface area contributed by atoms with Crippen LogP contribution < -0.4 is 20.3 Å². The number of nitrogens with zero attached hydrogens (tertiary/aromatic N) is 5. The van der Waals surface area contributed by atoms with Crippen LogP contribution in [0.2, 0.25) is 0 Å². The van der Waals surface area contributed by atoms with Crippen molar-refractivity contribution in [3.63, 3.8) is 0 Å². The number of aliphatic hydroxyl groups is 1. The maximum Gasteiger partial charge on any atom is 0.322 e. The molecular weight excluding hydrogens is 523 g/mol. The third kappa shape index (κ3) is 5.23. The third-order valence-corrected chi connectivity index (χ3v) is 8.77. The van der Waals surface area contributed by atoms with Crippen molar-refractivity contribution in [3.8, 4) is 16.9 Å². The second-order valence-electron chi connectivity index (χ2n) is 11.5. The zero-order valence-corrected chi connectivity index (χ0v) is 24.2. The van der Waals surface area contributed by atoms with Crippen LogP contribution in [0.1, 0.15) is 20.3 Å². The van der Waals surface area contributed by atoms with E-state index in [1.54, 1.807) is 13.8 Å². The van der Waals surface area contributed by atoms with E-state index in [1.165, 1.54) is 5.30 Å². The van der Waals surface area contributed by atoms with Crippen LogP contribution in [-0.2, 0) is 0 Å². The molecule has 208 valence electrons. The summed E-state index contributed by atoms with van der Waals surface area (Å²) in [6, 6.07) is 16.1. The van der Waals surface area contributed by atoms with E-state index in [1.807, 2.05) is 64.4 Å². The molecule has 6 heterocycles. The summed E-state index contributed by atoms with van der Waals surface area (Å²) < 4.78 is 7.81. The normalized spacial score (nSPS) is 18.6. The lowest BCUT2D eigenvalue weighted by Gasteiger charge is -2.56. The number of benzene rings is 1. The van der Waals surface area contributed by atoms with Crippen molar-refractivity contribution in [2.24, 2.45) is 0 Å². The number of urea groups is 1. The summed E-state index contributed by atoms with van der Waals surface area (Å²) in [6.45, 7) is 9.60. The largest absolute Gasteiger partial charge is 0.489 e. The molecule has 0 saturated carbocycles. The van der Waals surface area contributed by atoms with E-state index in [-0.39, 0.29) is 32.6 Å². The molecule has 0 spiro atoms. The van der Waals surface area contributed by atoms with Gasteiger partial charge in [-0.25, -0.2) is 14.3 Å². The molecule has 2 unspecified atom stereocenters. The number of anilines is 2. The third-order valence-electron chi connectivity index (χ3n) is 7.48. The van der Waals surface area contributed by atoms with Crippen LogP contribution in [-0.4, -0.2) is 81.3 Å². The maximum atomic E-state index is 12.9. The Bertz CT molecular complexity index is 1500. The lowest BCUT2D eigenvalue weighted by molar-refractivity contribution is 0.0283. The maximum absolute atomic E-state index is 12.9. The molecule has 2 amide bonds. The number of ether oxygens (including phenoxy) is 1. The molecule has 0 aliphatic carbocycles. The van der Waals surface area contributed by atoms with Gasteiger partial charge in [-0.05, 0) is 63.9 Å². The van der Waals surface area contributed by atoms with Crippen molar-refractivity contribution in [1.82, 2.24) is 19.5 Å². The van der Waals surface area contributed by atoms with E-state index >= 15 is 0 Å². The number of hydrogen-bond donors (Lipinski definition) is 2. The highest BCUT2D eigenvalue weighted by Crippen LogP contribution is 2.37. The first-order valence-corrected chi connectivity index (χ1v) is 15.8. The fourth-order valence-electron chi connectivity index (χ4n) is 5.54. The molecule has 3 aliphatic heterocycles. The van der Waals surface area contributed by atoms with Crippen LogP contribution in [0.3, 0.4) is 0 Å². The smallest absolute Gasteiger partial charge is 0.322 e. The SMILES string of the molecule is CP(C)c1cnn2cc(OCC(C)(C)O)cc(-c3ccc(N4CC5CC(C4)N5C(=O)Nc4ccccc4)nc3)c12. The molecule has 1 aromatic carbocycles. The minimum absolute atomic E-state index is 0.0328. The second kappa shape index (κ2) is 10.4. The van der Waals surface area contributed by atoms with Gasteiger partial charge in [-0.1, -0.05) is 26.1 Å². The number of carbonyl (C=O) groups is 1. The van der Waals surface area contributed by atoms with Crippen molar-refractivity contribution in [2.45, 2.75) is 38.0 Å². The van der Waals surface area contributed by atoms with Gasteiger partial charge in [0.25, 0.3) is 0 Å². The molecule has 2 bridgehead atoms. The van der Waals surface area contributed by atoms with E-state index in [4.69, 9.17) is 9.72 Å². The van der Waals surface area contributed by atoms with Crippen LogP contribution in [0.4, 0.5) is 16.3 Å². The van der Waals surface area contributed by atoms with Crippen LogP contribution in [0.5, 0.6) is 5.75 Å². The Morgan fingerprint density at radius 1 is 1.12 bits per heavy atom. The van der Waals surface area contributed by atoms with Crippen molar-refractivity contribution in [2.75, 3.05) is 43.2 Å². The van der Waals surface area contributed by atoms with Crippen LogP contribution >= 0.6 is 7.92 Å². The van der Waals surface area contributed by atoms with Crippen LogP contribution in [0, 0.1) is 0 Å². The number of nitrogens with one attached hydrogen (secondary N) is 1. The predicted octanol–water partition coefficient (Wildman–Crippen LogP) is 4.41. The lowest BCUT2D eigenvalue weighted by atomic mass is 9.88. The molecule has 0 radical (unpaired) electrons. The van der Waals surface area contributed by atoms with Gasteiger partial charge >= 0.3 is 6.03 Å². The number of piperazine rings is 1. The Morgan fingerprint density at radius 3 is 2.52 bits per heavy atom. The van der Waals surface area contributed by atoms with Gasteiger partial charge in [-0.2, -0.15) is 5.10 Å². The topological polar surface area (TPSA) is 95.2 Å². The Hall–Kier alpha value is -3.68. The minimum Gasteiger partial charge on any atom is -0.489 e. The number of amides is 2. The quantitative estimate of drug-likeness (QED) is 0.327. The first-order valence-electron chi connectivity index (χ1n) is 13.6. The number of aromatic nitrogens is 3. The first kappa shape index (κ1) is 26.5. The summed E-state index contributed by atoms with van der Waals surface area (Å²) in [7, 11) is -0.374. The zero-order valence-electron chi connectivity index (χ0n) is 23.3. The van der Waals surface area contributed by atoms with Crippen LogP contribution in [0.25, 0.3) is 16.6 Å². The van der Waals surface area contributed by atoms with E-state index in [0.717, 1.165) is 47.7 Å². The number of pyridine rings is 2. The lowest BCUT2D eigenvalue weighted by Crippen LogP contribution is -2.71. The van der Waals surface area contributed by atoms with E-state index in [2.05, 4.69) is 40.8 Å². The second-order valence-corrected chi connectivity index (χ2v) is 13.7. The van der Waals surface area contributed by atoms with Crippen LogP contribution in [0.15, 0.2) is 67.1 Å². The van der Waals surface area contributed by atoms with Gasteiger partial charge in [0.2, 0.25) is 0 Å². The fraction of sp³-hybridized carbons (Fsp3) is 0.367. The number of para-hydroxylation sites is 1. The van der Waals surface area contributed by atoms with Gasteiger partial charge < -0.3 is 25.0 Å². The average Bonchev–Trinajstić information content (AvgIpc) is 3.36. The summed E-state index contributed by atoms with van der Waals surface area (Å²) in [5, 5.41) is 19.0. The molecule has 9 nitrogen and oxygen atoms in total. The number of carbonyl (C=O) groups excluding carboxylic acids is 1. The zero-order chi connectivity index (χ0) is 28.0. The van der Waals surface area contributed by atoms with Gasteiger partial charge in [0.1, 0.15) is 18.2 Å². The average molecular weight is 559 g/mol. The Balaban J connectivity index is 1.21. The number of hydrogen-bond acceptors (Lipinski definition) is 6. The molecule has 3 fully saturated rings. The molecule has 2 N–H and O–H groups in total. The highest BCUT2D eigenvalue weighted by atomic mass is 31.1. The van der Waals surface area contributed by atoms with E-state index in [0.29, 0.717) is 5.75 Å². The first-order chi connectivity index (χ1) is 19.2. The summed E-state index contributed by atoms with van der Waals surface area (Å²) in [5.41, 5.74) is 2.91. The Kier molecular flexibility index (Phi) is 6.88. The van der Waals surface area contributed by atoms with Gasteiger partial charge in [-0.3, -0.25) is 0 Å². The predicted molar refractivity (Wildman–Crippen MR) is 160 cm³/mol. The summed E-state index contributed by atoms with van der Waals surface area (Å²) in [6.07, 6.45) is 6.74. The Morgan fingerprint density at radius 2 is 1.88 bits per heavy atom. The van der Waals surface area contributed by atoms with Gasteiger partial charge in [0.05, 0.1) is 35.6 Å². The summed E-state index contributed by atoms with van der Waals surface area (Å²) >= 11 is 0. The Labute approximate surface area is 235 Å². The van der Waals surface area contributed by atoms with E-state index < -0.39 is 5.60 Å². The molecule has 2 atom stereocenters. The van der Waals surface area contributed by atoms with Crippen molar-refractivity contribution >= 4 is 36.3 Å². The molecule has 4 aromatic rings. The minimum atomic E-state index is -0.943. The van der Waals surface area contributed by atoms with Crippen molar-refractivity contribution < 1.29 is 14.6 Å². The monoisotopic (exact) mass is 558 g/mol. The summed E-state index contributed by atoms with van der Waals surface area (Å²) in [4.78, 5) is 22.0. The fourth-order valence-corrected chi connectivity index (χ4v) is 6.47.